The van der Waals surface area contributed by atoms with Gasteiger partial charge in [-0.3, -0.25) is 4.79 Å². The molecule has 0 N–H and O–H groups in total. The van der Waals surface area contributed by atoms with E-state index >= 15 is 0 Å². The number of rotatable bonds is 5. The average molecular weight is 503 g/mol. The van der Waals surface area contributed by atoms with Gasteiger partial charge in [-0.05, 0) is 57.2 Å². The zero-order valence-corrected chi connectivity index (χ0v) is 22.0. The number of piperazine rings is 1. The molecule has 1 heterocycles. The molecule has 0 atom stereocenters. The Labute approximate surface area is 207 Å². The molecule has 1 fully saturated rings. The van der Waals surface area contributed by atoms with Crippen molar-refractivity contribution in [3.05, 3.63) is 54.1 Å². The van der Waals surface area contributed by atoms with Crippen LogP contribution in [0, 0.1) is 0 Å². The normalized spacial score (nSPS) is 14.7. The fourth-order valence-corrected chi connectivity index (χ4v) is 4.66. The van der Waals surface area contributed by atoms with E-state index in [0.29, 0.717) is 31.7 Å². The van der Waals surface area contributed by atoms with Crippen LogP contribution in [-0.4, -0.2) is 82.5 Å². The third kappa shape index (κ3) is 6.12. The monoisotopic (exact) mass is 502 g/mol. The van der Waals surface area contributed by atoms with Crippen LogP contribution in [0.1, 0.15) is 31.1 Å². The molecule has 0 spiro atoms. The molecule has 2 aromatic carbocycles. The van der Waals surface area contributed by atoms with Crippen LogP contribution in [0.4, 0.5) is 16.2 Å². The molecule has 2 amide bonds. The first kappa shape index (κ1) is 26.5. The summed E-state index contributed by atoms with van der Waals surface area (Å²) in [5, 5.41) is 0. The summed E-state index contributed by atoms with van der Waals surface area (Å²) in [4.78, 5) is 31.2. The van der Waals surface area contributed by atoms with E-state index in [0.717, 1.165) is 15.7 Å². The molecule has 0 unspecified atom stereocenters. The summed E-state index contributed by atoms with van der Waals surface area (Å²) >= 11 is 0. The van der Waals surface area contributed by atoms with Gasteiger partial charge in [0.1, 0.15) is 5.60 Å². The quantitative estimate of drug-likeness (QED) is 0.623. The van der Waals surface area contributed by atoms with Gasteiger partial charge in [0.05, 0.1) is 16.3 Å². The second kappa shape index (κ2) is 10.2. The molecule has 190 valence electrons. The van der Waals surface area contributed by atoms with Crippen molar-refractivity contribution in [3.63, 3.8) is 0 Å². The lowest BCUT2D eigenvalue weighted by atomic mass is 10.1. The van der Waals surface area contributed by atoms with Crippen LogP contribution >= 0.6 is 0 Å². The zero-order chi connectivity index (χ0) is 26.0. The van der Waals surface area contributed by atoms with Crippen molar-refractivity contribution < 1.29 is 22.7 Å². The maximum Gasteiger partial charge on any atom is 0.410 e. The second-order valence-electron chi connectivity index (χ2n) is 9.62. The molecule has 0 radical (unpaired) electrons. The number of benzene rings is 2. The topological polar surface area (TPSA) is 90.5 Å². The predicted octanol–water partition coefficient (Wildman–Crippen LogP) is 3.27. The summed E-state index contributed by atoms with van der Waals surface area (Å²) in [7, 11) is 1.06. The lowest BCUT2D eigenvalue weighted by Gasteiger charge is -2.38. The maximum absolute atomic E-state index is 13.2. The molecule has 0 aliphatic carbocycles. The van der Waals surface area contributed by atoms with E-state index in [-0.39, 0.29) is 16.9 Å². The highest BCUT2D eigenvalue weighted by atomic mass is 32.2. The van der Waals surface area contributed by atoms with Gasteiger partial charge in [-0.15, -0.1) is 0 Å². The first-order valence-corrected chi connectivity index (χ1v) is 12.9. The number of hydrogen-bond donors (Lipinski definition) is 0. The fraction of sp³-hybridized carbons (Fsp3) is 0.440. The number of sulfonamides is 1. The average Bonchev–Trinajstić information content (AvgIpc) is 2.82. The summed E-state index contributed by atoms with van der Waals surface area (Å²) in [6.45, 7) is 7.78. The van der Waals surface area contributed by atoms with E-state index in [2.05, 4.69) is 4.90 Å². The highest BCUT2D eigenvalue weighted by Crippen LogP contribution is 2.30. The van der Waals surface area contributed by atoms with Crippen molar-refractivity contribution in [1.82, 2.24) is 9.21 Å². The van der Waals surface area contributed by atoms with Gasteiger partial charge in [-0.2, -0.15) is 0 Å². The largest absolute Gasteiger partial charge is 0.444 e. The highest BCUT2D eigenvalue weighted by Gasteiger charge is 2.28. The first-order chi connectivity index (χ1) is 16.3. The van der Waals surface area contributed by atoms with Crippen molar-refractivity contribution >= 4 is 33.4 Å². The Balaban J connectivity index is 1.74. The Bertz CT molecular complexity index is 1170. The molecule has 0 saturated carbocycles. The molecule has 1 aliphatic heterocycles. The van der Waals surface area contributed by atoms with Crippen LogP contribution in [0.25, 0.3) is 0 Å². The van der Waals surface area contributed by atoms with E-state index in [4.69, 9.17) is 4.74 Å². The molecule has 0 aromatic heterocycles. The third-order valence-electron chi connectivity index (χ3n) is 5.70. The fourth-order valence-electron chi connectivity index (χ4n) is 3.75. The van der Waals surface area contributed by atoms with E-state index in [1.165, 1.54) is 38.4 Å². The van der Waals surface area contributed by atoms with Gasteiger partial charge >= 0.3 is 6.09 Å². The van der Waals surface area contributed by atoms with E-state index in [9.17, 15) is 18.0 Å². The smallest absolute Gasteiger partial charge is 0.410 e. The molecule has 35 heavy (non-hydrogen) atoms. The summed E-state index contributed by atoms with van der Waals surface area (Å²) < 4.78 is 31.2. The van der Waals surface area contributed by atoms with Crippen molar-refractivity contribution in [1.29, 1.82) is 0 Å². The van der Waals surface area contributed by atoms with Crippen molar-refractivity contribution in [2.75, 3.05) is 57.1 Å². The number of nitrogens with zero attached hydrogens (tertiary/aromatic N) is 4. The minimum atomic E-state index is -3.57. The molecular formula is C25H34N4O5S. The van der Waals surface area contributed by atoms with Crippen LogP contribution in [0.2, 0.25) is 0 Å². The molecule has 9 nitrogen and oxygen atoms in total. The lowest BCUT2D eigenvalue weighted by molar-refractivity contribution is 0.0240. The molecule has 1 aliphatic rings. The Morgan fingerprint density at radius 1 is 0.886 bits per heavy atom. The molecule has 0 bridgehead atoms. The Hall–Kier alpha value is -3.11. The van der Waals surface area contributed by atoms with Gasteiger partial charge in [0, 0.05) is 52.9 Å². The molecule has 2 aromatic rings. The van der Waals surface area contributed by atoms with Crippen LogP contribution < -0.4 is 9.80 Å². The minimum absolute atomic E-state index is 0.130. The Morgan fingerprint density at radius 3 is 2.00 bits per heavy atom. The number of amides is 2. The third-order valence-corrected chi connectivity index (χ3v) is 7.53. The number of carbonyl (C=O) groups is 2. The van der Waals surface area contributed by atoms with E-state index < -0.39 is 15.6 Å². The van der Waals surface area contributed by atoms with Gasteiger partial charge in [0.15, 0.2) is 0 Å². The van der Waals surface area contributed by atoms with E-state index in [1.807, 2.05) is 45.0 Å². The Morgan fingerprint density at radius 2 is 1.46 bits per heavy atom. The lowest BCUT2D eigenvalue weighted by Crippen LogP contribution is -2.50. The number of carbonyl (C=O) groups excluding carboxylic acids is 2. The predicted molar refractivity (Wildman–Crippen MR) is 137 cm³/mol. The maximum atomic E-state index is 13.2. The molecular weight excluding hydrogens is 468 g/mol. The van der Waals surface area contributed by atoms with Crippen molar-refractivity contribution in [2.45, 2.75) is 31.3 Å². The van der Waals surface area contributed by atoms with Gasteiger partial charge < -0.3 is 19.4 Å². The number of hydrogen-bond acceptors (Lipinski definition) is 6. The van der Waals surface area contributed by atoms with Crippen LogP contribution in [0.3, 0.4) is 0 Å². The standard InChI is InChI=1S/C25H34N4O5S/c1-25(2,3)34-24(31)29-17-15-28(16-18-29)22-10-8-7-9-21(22)27(6)23(30)19-11-13-20(14-12-19)35(32,33)26(4)5/h7-14H,15-18H2,1-6H3. The van der Waals surface area contributed by atoms with Crippen molar-refractivity contribution in [3.8, 4) is 0 Å². The SMILES string of the molecule is CN(C(=O)c1ccc(S(=O)(=O)N(C)C)cc1)c1ccccc1N1CCN(C(=O)OC(C)(C)C)CC1. The summed E-state index contributed by atoms with van der Waals surface area (Å²) in [6, 6.07) is 13.5. The van der Waals surface area contributed by atoms with Gasteiger partial charge in [-0.1, -0.05) is 12.1 Å². The number of anilines is 2. The number of ether oxygens (including phenoxy) is 1. The number of para-hydroxylation sites is 2. The summed E-state index contributed by atoms with van der Waals surface area (Å²) in [5.41, 5.74) is 1.46. The highest BCUT2D eigenvalue weighted by molar-refractivity contribution is 7.89. The molecule has 1 saturated heterocycles. The Kier molecular flexibility index (Phi) is 7.76. The van der Waals surface area contributed by atoms with Gasteiger partial charge in [-0.25, -0.2) is 17.5 Å². The van der Waals surface area contributed by atoms with Gasteiger partial charge in [0.25, 0.3) is 5.91 Å². The first-order valence-electron chi connectivity index (χ1n) is 11.4. The van der Waals surface area contributed by atoms with Gasteiger partial charge in [0.2, 0.25) is 10.0 Å². The molecule has 10 heteroatoms. The van der Waals surface area contributed by atoms with Crippen molar-refractivity contribution in [2.24, 2.45) is 0 Å². The van der Waals surface area contributed by atoms with Crippen LogP contribution in [0.15, 0.2) is 53.4 Å². The molecule has 3 rings (SSSR count). The summed E-state index contributed by atoms with van der Waals surface area (Å²) in [6.07, 6.45) is -0.322. The minimum Gasteiger partial charge on any atom is -0.444 e. The second-order valence-corrected chi connectivity index (χ2v) is 11.8. The zero-order valence-electron chi connectivity index (χ0n) is 21.2. The van der Waals surface area contributed by atoms with E-state index in [1.54, 1.807) is 16.8 Å². The van der Waals surface area contributed by atoms with Crippen LogP contribution in [-0.2, 0) is 14.8 Å². The van der Waals surface area contributed by atoms with Crippen LogP contribution in [0.5, 0.6) is 0 Å². The summed E-state index contributed by atoms with van der Waals surface area (Å²) in [5.74, 6) is -0.251.